The van der Waals surface area contributed by atoms with Gasteiger partial charge in [0.25, 0.3) is 6.71 Å². The third-order valence-electron chi connectivity index (χ3n) is 27.3. The van der Waals surface area contributed by atoms with Crippen LogP contribution in [0.1, 0.15) is 184 Å². The number of benzene rings is 17. The zero-order valence-electron chi connectivity index (χ0n) is 76.4. The standard InChI is InChI=1S/C120H114BN3/c1-114(2,3)85-44-28-40-78(58-85)95-64-83(73-34-24-22-25-35-73)65-96(79-41-29-45-86(59-79)115(4,5)6)112(95)123-101-55-52-77(82-62-89(118(13,14)15)69-90(63-82)119(16,17)18)68-100(101)121-99-54-53-92(122-102-56-50-75-38-32-48-93-94-49-33-39-76-51-57-103(122)110(108(76)94)109(102)107(75)93)72-104(99)124(106-71-91(120(19,20)21)70-105(123)111(106)121)113-97(80-42-30-46-87(60-80)116(7,8)9)66-84(74-36-26-23-27-37-74)67-98(113)81-43-31-47-88(61-81)117(10,11)12/h22-72H,1-21H3. The van der Waals surface area contributed by atoms with Crippen molar-refractivity contribution in [2.24, 2.45) is 0 Å². The zero-order chi connectivity index (χ0) is 86.5. The van der Waals surface area contributed by atoms with Gasteiger partial charge in [0.2, 0.25) is 0 Å². The minimum atomic E-state index is -0.387. The van der Waals surface area contributed by atoms with Crippen LogP contribution in [0.5, 0.6) is 0 Å². The van der Waals surface area contributed by atoms with Crippen LogP contribution in [-0.2, 0) is 37.9 Å². The van der Waals surface area contributed by atoms with E-state index in [-0.39, 0.29) is 44.6 Å². The molecule has 20 rings (SSSR count). The van der Waals surface area contributed by atoms with Gasteiger partial charge in [-0.3, -0.25) is 0 Å². The van der Waals surface area contributed by atoms with E-state index >= 15 is 0 Å². The Balaban J connectivity index is 1.00. The summed E-state index contributed by atoms with van der Waals surface area (Å²) in [6.45, 7) is 49.6. The summed E-state index contributed by atoms with van der Waals surface area (Å²) in [5, 5.41) is 10.4. The third-order valence-corrected chi connectivity index (χ3v) is 27.3. The molecule has 0 radical (unpaired) electrons. The molecule has 0 saturated heterocycles. The van der Waals surface area contributed by atoms with E-state index in [2.05, 4.69) is 469 Å². The molecule has 17 aromatic carbocycles. The second kappa shape index (κ2) is 28.5. The molecule has 0 atom stereocenters. The molecule has 3 heterocycles. The molecule has 612 valence electrons. The molecule has 0 unspecified atom stereocenters. The van der Waals surface area contributed by atoms with Gasteiger partial charge in [0, 0.05) is 61.5 Å². The van der Waals surface area contributed by atoms with Crippen molar-refractivity contribution in [3.8, 4) is 83.6 Å². The number of hydrogen-bond donors (Lipinski definition) is 0. The number of aromatic nitrogens is 1. The Morgan fingerprint density at radius 2 is 0.556 bits per heavy atom. The van der Waals surface area contributed by atoms with Crippen molar-refractivity contribution >= 4 is 111 Å². The minimum Gasteiger partial charge on any atom is -0.310 e. The van der Waals surface area contributed by atoms with E-state index in [4.69, 9.17) is 0 Å². The summed E-state index contributed by atoms with van der Waals surface area (Å²) in [5.74, 6) is 0. The van der Waals surface area contributed by atoms with Crippen molar-refractivity contribution in [1.29, 1.82) is 0 Å². The second-order valence-corrected chi connectivity index (χ2v) is 43.1. The Morgan fingerprint density at radius 3 is 0.944 bits per heavy atom. The molecule has 3 nitrogen and oxygen atoms in total. The molecule has 1 aromatic heterocycles. The Labute approximate surface area is 735 Å². The number of anilines is 6. The highest BCUT2D eigenvalue weighted by Gasteiger charge is 2.47. The van der Waals surface area contributed by atoms with Gasteiger partial charge in [-0.15, -0.1) is 0 Å². The minimum absolute atomic E-state index is 0.131. The van der Waals surface area contributed by atoms with Crippen molar-refractivity contribution in [2.75, 3.05) is 9.80 Å². The quantitative estimate of drug-likeness (QED) is 0.0768. The average Bonchev–Trinajstić information content (AvgIpc) is 1.41. The summed E-state index contributed by atoms with van der Waals surface area (Å²) < 4.78 is 2.63. The van der Waals surface area contributed by atoms with Crippen LogP contribution >= 0.6 is 0 Å². The highest BCUT2D eigenvalue weighted by molar-refractivity contribution is 7.00. The Bertz CT molecular complexity index is 7030. The number of fused-ring (bicyclic) bond motifs is 5. The molecule has 0 fully saturated rings. The lowest BCUT2D eigenvalue weighted by molar-refractivity contribution is 0.569. The van der Waals surface area contributed by atoms with E-state index in [1.165, 1.54) is 137 Å². The van der Waals surface area contributed by atoms with Gasteiger partial charge in [-0.25, -0.2) is 0 Å². The van der Waals surface area contributed by atoms with Gasteiger partial charge in [0.1, 0.15) is 0 Å². The van der Waals surface area contributed by atoms with Crippen LogP contribution in [0, 0.1) is 0 Å². The Morgan fingerprint density at radius 1 is 0.210 bits per heavy atom. The van der Waals surface area contributed by atoms with Crippen molar-refractivity contribution in [1.82, 2.24) is 4.57 Å². The molecule has 124 heavy (non-hydrogen) atoms. The number of rotatable bonds is 10. The highest BCUT2D eigenvalue weighted by atomic mass is 15.2. The molecule has 0 aliphatic carbocycles. The molecule has 18 aromatic rings. The van der Waals surface area contributed by atoms with Crippen molar-refractivity contribution < 1.29 is 0 Å². The van der Waals surface area contributed by atoms with Gasteiger partial charge >= 0.3 is 0 Å². The van der Waals surface area contributed by atoms with E-state index in [0.717, 1.165) is 89.9 Å². The topological polar surface area (TPSA) is 11.4 Å². The molecular formula is C120H114BN3. The summed E-state index contributed by atoms with van der Waals surface area (Å²) in [6.07, 6.45) is 0. The van der Waals surface area contributed by atoms with E-state index < -0.39 is 0 Å². The largest absolute Gasteiger partial charge is 0.310 e. The fraction of sp³-hybridized carbons (Fsp3) is 0.233. The predicted octanol–water partition coefficient (Wildman–Crippen LogP) is 32.0. The molecule has 0 amide bonds. The summed E-state index contributed by atoms with van der Waals surface area (Å²) in [6, 6.07) is 122. The lowest BCUT2D eigenvalue weighted by Gasteiger charge is -2.46. The second-order valence-electron chi connectivity index (χ2n) is 43.1. The first kappa shape index (κ1) is 79.9. The van der Waals surface area contributed by atoms with Gasteiger partial charge in [0.05, 0.1) is 22.4 Å². The van der Waals surface area contributed by atoms with Crippen LogP contribution in [-0.4, -0.2) is 11.3 Å². The predicted molar refractivity (Wildman–Crippen MR) is 539 cm³/mol. The van der Waals surface area contributed by atoms with Crippen molar-refractivity contribution in [2.45, 2.75) is 183 Å². The van der Waals surface area contributed by atoms with Gasteiger partial charge < -0.3 is 14.4 Å². The van der Waals surface area contributed by atoms with E-state index in [1.54, 1.807) is 0 Å². The van der Waals surface area contributed by atoms with Crippen molar-refractivity contribution in [3.63, 3.8) is 0 Å². The summed E-state index contributed by atoms with van der Waals surface area (Å²) in [4.78, 5) is 5.61. The molecule has 2 aliphatic heterocycles. The smallest absolute Gasteiger partial charge is 0.252 e. The first-order valence-electron chi connectivity index (χ1n) is 45.0. The van der Waals surface area contributed by atoms with Crippen LogP contribution in [0.2, 0.25) is 0 Å². The molecule has 0 saturated carbocycles. The highest BCUT2D eigenvalue weighted by Crippen LogP contribution is 2.58. The monoisotopic (exact) mass is 1610 g/mol. The maximum absolute atomic E-state index is 2.82. The first-order valence-corrected chi connectivity index (χ1v) is 45.0. The average molecular weight is 1610 g/mol. The first-order chi connectivity index (χ1) is 58.9. The number of nitrogens with zero attached hydrogens (tertiary/aromatic N) is 3. The molecule has 0 bridgehead atoms. The summed E-state index contributed by atoms with van der Waals surface area (Å²) in [7, 11) is 0. The zero-order valence-corrected chi connectivity index (χ0v) is 76.4. The van der Waals surface area contributed by atoms with Crippen LogP contribution in [0.15, 0.2) is 309 Å². The summed E-state index contributed by atoms with van der Waals surface area (Å²) >= 11 is 0. The van der Waals surface area contributed by atoms with Crippen LogP contribution in [0.25, 0.3) is 138 Å². The van der Waals surface area contributed by atoms with Crippen LogP contribution < -0.4 is 26.2 Å². The van der Waals surface area contributed by atoms with E-state index in [0.29, 0.717) is 0 Å². The van der Waals surface area contributed by atoms with Crippen molar-refractivity contribution in [3.05, 3.63) is 348 Å². The lowest BCUT2D eigenvalue weighted by atomic mass is 9.33. The Kier molecular flexibility index (Phi) is 18.4. The maximum atomic E-state index is 2.82. The lowest BCUT2D eigenvalue weighted by Crippen LogP contribution is -2.61. The fourth-order valence-corrected chi connectivity index (χ4v) is 20.2. The van der Waals surface area contributed by atoms with Crippen LogP contribution in [0.3, 0.4) is 0 Å². The molecular weight excluding hydrogens is 1490 g/mol. The SMILES string of the molecule is CC(C)(C)c1cccc(-c2cc(-c3ccccc3)cc(-c3cccc(C(C)(C)C)c3)c2N2c3ccc(-c4cc(C(C)(C)C)cc(C(C)(C)C)c4)cc3B3c4ccc(-n5c6ccc7cccc8c9cccc%10ccc5c(c%109)c6c78)cc4N(c4c(-c5cccc(C(C)(C)C)c5)cc(-c5ccccc5)cc4-c4cccc(C(C)(C)C)c4)c4cc(C(C)(C)C)cc2c43)c1. The Hall–Kier alpha value is -12.5. The van der Waals surface area contributed by atoms with Gasteiger partial charge in [-0.2, -0.15) is 0 Å². The maximum Gasteiger partial charge on any atom is 0.252 e. The number of hydrogen-bond acceptors (Lipinski definition) is 2. The normalized spacial score (nSPS) is 13.5. The fourth-order valence-electron chi connectivity index (χ4n) is 20.2. The summed E-state index contributed by atoms with van der Waals surface area (Å²) in [5.41, 5.74) is 38.1. The van der Waals surface area contributed by atoms with Gasteiger partial charge in [-0.1, -0.05) is 388 Å². The van der Waals surface area contributed by atoms with Crippen LogP contribution in [0.4, 0.5) is 34.1 Å². The van der Waals surface area contributed by atoms with E-state index in [9.17, 15) is 0 Å². The van der Waals surface area contributed by atoms with Gasteiger partial charge in [0.15, 0.2) is 0 Å². The molecule has 0 spiro atoms. The van der Waals surface area contributed by atoms with E-state index in [1.807, 2.05) is 0 Å². The van der Waals surface area contributed by atoms with Gasteiger partial charge in [-0.05, 0) is 248 Å². The molecule has 4 heteroatoms. The molecule has 0 N–H and O–H groups in total. The third kappa shape index (κ3) is 13.5. The molecule has 2 aliphatic rings.